The van der Waals surface area contributed by atoms with Crippen molar-refractivity contribution >= 4 is 5.84 Å². The van der Waals surface area contributed by atoms with Crippen molar-refractivity contribution in [1.82, 2.24) is 0 Å². The average Bonchev–Trinajstić information content (AvgIpc) is 2.66. The van der Waals surface area contributed by atoms with Crippen LogP contribution >= 0.6 is 0 Å². The largest absolute Gasteiger partial charge is 0.490 e. The molecule has 0 amide bonds. The molecular weight excluding hydrogens is 281 g/mol. The lowest BCUT2D eigenvalue weighted by atomic mass is 10.1. The molecule has 21 heavy (non-hydrogen) atoms. The molecule has 1 aromatic rings. The third-order valence-corrected chi connectivity index (χ3v) is 3.69. The lowest BCUT2D eigenvalue weighted by Gasteiger charge is -2.21. The van der Waals surface area contributed by atoms with E-state index < -0.39 is 11.7 Å². The van der Waals surface area contributed by atoms with Crippen LogP contribution in [0.5, 0.6) is 5.75 Å². The summed E-state index contributed by atoms with van der Waals surface area (Å²) in [5.41, 5.74) is 4.45. The van der Waals surface area contributed by atoms with E-state index in [4.69, 9.17) is 15.9 Å². The number of alkyl halides is 3. The summed E-state index contributed by atoms with van der Waals surface area (Å²) in [5.74, 6) is -0.555. The molecule has 0 aromatic heterocycles. The maximum atomic E-state index is 13.1. The number of benzene rings is 1. The van der Waals surface area contributed by atoms with E-state index in [9.17, 15) is 13.2 Å². The molecule has 2 rings (SSSR count). The zero-order chi connectivity index (χ0) is 15.5. The molecule has 0 heterocycles. The second kappa shape index (κ2) is 6.37. The molecule has 116 valence electrons. The quantitative estimate of drug-likeness (QED) is 0.502. The van der Waals surface area contributed by atoms with Gasteiger partial charge in [0.1, 0.15) is 11.6 Å². The van der Waals surface area contributed by atoms with E-state index in [-0.39, 0.29) is 23.3 Å². The Kier molecular flexibility index (Phi) is 4.75. The molecule has 1 aromatic carbocycles. The first-order chi connectivity index (χ1) is 9.88. The van der Waals surface area contributed by atoms with Crippen LogP contribution in [0.2, 0.25) is 0 Å². The minimum atomic E-state index is -4.52. The van der Waals surface area contributed by atoms with Crippen LogP contribution in [0.1, 0.15) is 49.7 Å². The molecule has 6 heteroatoms. The average molecular weight is 300 g/mol. The minimum absolute atomic E-state index is 0.0514. The van der Waals surface area contributed by atoms with E-state index in [0.29, 0.717) is 0 Å². The van der Waals surface area contributed by atoms with E-state index in [0.717, 1.165) is 44.6 Å². The number of nitrogens with one attached hydrogen (secondary N) is 1. The monoisotopic (exact) mass is 300 g/mol. The summed E-state index contributed by atoms with van der Waals surface area (Å²) in [6, 6.07) is 3.54. The van der Waals surface area contributed by atoms with Crippen LogP contribution in [0.15, 0.2) is 18.2 Å². The molecule has 0 unspecified atom stereocenters. The van der Waals surface area contributed by atoms with E-state index >= 15 is 0 Å². The van der Waals surface area contributed by atoms with E-state index in [2.05, 4.69) is 0 Å². The Hall–Kier alpha value is -1.72. The first kappa shape index (κ1) is 15.7. The summed E-state index contributed by atoms with van der Waals surface area (Å²) in [6.07, 6.45) is 1.06. The number of rotatable bonds is 3. The van der Waals surface area contributed by atoms with Crippen molar-refractivity contribution in [3.8, 4) is 5.75 Å². The molecule has 3 N–H and O–H groups in total. The van der Waals surface area contributed by atoms with Crippen LogP contribution < -0.4 is 10.5 Å². The van der Waals surface area contributed by atoms with Gasteiger partial charge < -0.3 is 10.5 Å². The summed E-state index contributed by atoms with van der Waals surface area (Å²) >= 11 is 0. The second-order valence-electron chi connectivity index (χ2n) is 5.35. The van der Waals surface area contributed by atoms with Gasteiger partial charge in [0.2, 0.25) is 0 Å². The van der Waals surface area contributed by atoms with Crippen LogP contribution in [0.3, 0.4) is 0 Å². The number of amidine groups is 1. The normalized spacial score (nSPS) is 17.3. The second-order valence-corrected chi connectivity index (χ2v) is 5.35. The number of hydrogen-bond donors (Lipinski definition) is 2. The van der Waals surface area contributed by atoms with Crippen LogP contribution in [-0.4, -0.2) is 11.9 Å². The van der Waals surface area contributed by atoms with Crippen LogP contribution in [0, 0.1) is 5.41 Å². The van der Waals surface area contributed by atoms with Crippen molar-refractivity contribution in [3.63, 3.8) is 0 Å². The van der Waals surface area contributed by atoms with Gasteiger partial charge >= 0.3 is 6.18 Å². The van der Waals surface area contributed by atoms with Crippen molar-refractivity contribution in [2.45, 2.75) is 50.8 Å². The SMILES string of the molecule is N=C(N)c1ccc(OC2CCCCCC2)c(C(F)(F)F)c1. The van der Waals surface area contributed by atoms with Gasteiger partial charge in [0.05, 0.1) is 11.7 Å². The Morgan fingerprint density at radius 2 is 1.76 bits per heavy atom. The highest BCUT2D eigenvalue weighted by Gasteiger charge is 2.35. The van der Waals surface area contributed by atoms with Gasteiger partial charge in [-0.25, -0.2) is 0 Å². The fourth-order valence-electron chi connectivity index (χ4n) is 2.56. The molecule has 0 radical (unpaired) electrons. The van der Waals surface area contributed by atoms with Crippen molar-refractivity contribution < 1.29 is 17.9 Å². The Morgan fingerprint density at radius 3 is 2.29 bits per heavy atom. The Balaban J connectivity index is 2.27. The zero-order valence-corrected chi connectivity index (χ0v) is 11.7. The van der Waals surface area contributed by atoms with E-state index in [1.54, 1.807) is 0 Å². The van der Waals surface area contributed by atoms with Gasteiger partial charge in [0.15, 0.2) is 0 Å². The van der Waals surface area contributed by atoms with Gasteiger partial charge in [-0.2, -0.15) is 13.2 Å². The molecule has 1 saturated carbocycles. The summed E-state index contributed by atoms with van der Waals surface area (Å²) < 4.78 is 45.0. The number of halogens is 3. The van der Waals surface area contributed by atoms with Crippen LogP contribution in [-0.2, 0) is 6.18 Å². The highest BCUT2D eigenvalue weighted by molar-refractivity contribution is 5.95. The molecule has 1 aliphatic carbocycles. The van der Waals surface area contributed by atoms with Gasteiger partial charge in [-0.3, -0.25) is 5.41 Å². The smallest absolute Gasteiger partial charge is 0.419 e. The first-order valence-electron chi connectivity index (χ1n) is 7.10. The maximum Gasteiger partial charge on any atom is 0.419 e. The molecule has 0 aliphatic heterocycles. The maximum absolute atomic E-state index is 13.1. The van der Waals surface area contributed by atoms with E-state index in [1.165, 1.54) is 12.1 Å². The minimum Gasteiger partial charge on any atom is -0.490 e. The first-order valence-corrected chi connectivity index (χ1v) is 7.10. The molecule has 1 aliphatic rings. The Labute approximate surface area is 121 Å². The summed E-state index contributed by atoms with van der Waals surface area (Å²) in [6.45, 7) is 0. The number of ether oxygens (including phenoxy) is 1. The van der Waals surface area contributed by atoms with Crippen LogP contribution in [0.4, 0.5) is 13.2 Å². The van der Waals surface area contributed by atoms with Crippen molar-refractivity contribution in [1.29, 1.82) is 5.41 Å². The number of hydrogen-bond acceptors (Lipinski definition) is 2. The standard InChI is InChI=1S/C15H19F3N2O/c16-15(17,18)12-9-10(14(19)20)7-8-13(12)21-11-5-3-1-2-4-6-11/h7-9,11H,1-6H2,(H3,19,20). The molecule has 0 saturated heterocycles. The summed E-state index contributed by atoms with van der Waals surface area (Å²) in [5, 5.41) is 7.26. The molecule has 3 nitrogen and oxygen atoms in total. The number of nitrogen functional groups attached to an aromatic ring is 1. The lowest BCUT2D eigenvalue weighted by Crippen LogP contribution is -2.19. The predicted molar refractivity (Wildman–Crippen MR) is 74.6 cm³/mol. The van der Waals surface area contributed by atoms with Crippen LogP contribution in [0.25, 0.3) is 0 Å². The Bertz CT molecular complexity index is 506. The van der Waals surface area contributed by atoms with Gasteiger partial charge in [0.25, 0.3) is 0 Å². The predicted octanol–water partition coefficient (Wildman–Crippen LogP) is 4.09. The van der Waals surface area contributed by atoms with Gasteiger partial charge in [0, 0.05) is 5.56 Å². The lowest BCUT2D eigenvalue weighted by molar-refractivity contribution is -0.139. The fraction of sp³-hybridized carbons (Fsp3) is 0.533. The highest BCUT2D eigenvalue weighted by atomic mass is 19.4. The van der Waals surface area contributed by atoms with Crippen molar-refractivity contribution in [2.24, 2.45) is 5.73 Å². The molecule has 1 fully saturated rings. The summed E-state index contributed by atoms with van der Waals surface area (Å²) in [4.78, 5) is 0. The van der Waals surface area contributed by atoms with Crippen molar-refractivity contribution in [3.05, 3.63) is 29.3 Å². The zero-order valence-electron chi connectivity index (χ0n) is 11.7. The Morgan fingerprint density at radius 1 is 1.14 bits per heavy atom. The third kappa shape index (κ3) is 4.12. The summed E-state index contributed by atoms with van der Waals surface area (Å²) in [7, 11) is 0. The third-order valence-electron chi connectivity index (χ3n) is 3.69. The van der Waals surface area contributed by atoms with Crippen molar-refractivity contribution in [2.75, 3.05) is 0 Å². The van der Waals surface area contributed by atoms with Gasteiger partial charge in [-0.1, -0.05) is 12.8 Å². The molecule has 0 atom stereocenters. The molecular formula is C15H19F3N2O. The molecule has 0 spiro atoms. The fourth-order valence-corrected chi connectivity index (χ4v) is 2.56. The van der Waals surface area contributed by atoms with E-state index in [1.807, 2.05) is 0 Å². The topological polar surface area (TPSA) is 59.1 Å². The highest BCUT2D eigenvalue weighted by Crippen LogP contribution is 2.38. The number of nitrogens with two attached hydrogens (primary N) is 1. The molecule has 0 bridgehead atoms. The van der Waals surface area contributed by atoms with Gasteiger partial charge in [-0.05, 0) is 43.9 Å². The van der Waals surface area contributed by atoms with Gasteiger partial charge in [-0.15, -0.1) is 0 Å².